The molecule has 21 nitrogen and oxygen atoms in total. The molecule has 0 unspecified atom stereocenters. The van der Waals surface area contributed by atoms with Gasteiger partial charge in [-0.3, -0.25) is 4.79 Å². The summed E-state index contributed by atoms with van der Waals surface area (Å²) in [4.78, 5) is 12.6. The highest BCUT2D eigenvalue weighted by Gasteiger charge is 2.48. The van der Waals surface area contributed by atoms with Crippen LogP contribution in [0, 0.1) is 0 Å². The molecule has 3 saturated heterocycles. The Hall–Kier alpha value is -4.27. The van der Waals surface area contributed by atoms with E-state index in [9.17, 15) is 66.1 Å². The number of aliphatic hydroxyl groups is 12. The fourth-order valence-electron chi connectivity index (χ4n) is 6.33. The molecule has 5 rings (SSSR count). The number of carbonyl (C=O) groups is 1. The standard InChI is InChI=1S/C39H50O21/c1-53-23-11-17(5-9-21(23)56-38-35(51)32(48)29(45)26(15-41)59-38)3-7-19(42)13-20(43)8-4-18-6-10-22(24(12-18)54-2)57-39-36(52)33(49)30(46)27(60-39)16-55-37-34(50)31(47)28(44)25(14-40)58-37/h3-13,25-42,44-52H,14-16H2,1-2H3/b7-3+,8-4+,19-13-/t25-,26-,27-,28-,29-,30-,31+,32+,33+,34-,35-,36-,37-,38-,39-/m1/s1. The lowest BCUT2D eigenvalue weighted by molar-refractivity contribution is -0.323. The second-order valence-electron chi connectivity index (χ2n) is 13.9. The highest BCUT2D eigenvalue weighted by Crippen LogP contribution is 2.34. The van der Waals surface area contributed by atoms with E-state index in [-0.39, 0.29) is 23.0 Å². The van der Waals surface area contributed by atoms with Gasteiger partial charge in [0.1, 0.15) is 79.0 Å². The first-order valence-electron chi connectivity index (χ1n) is 18.5. The zero-order valence-electron chi connectivity index (χ0n) is 32.2. The zero-order valence-corrected chi connectivity index (χ0v) is 32.2. The van der Waals surface area contributed by atoms with Gasteiger partial charge in [0.15, 0.2) is 35.1 Å². The van der Waals surface area contributed by atoms with E-state index in [1.54, 1.807) is 6.07 Å². The highest BCUT2D eigenvalue weighted by atomic mass is 16.7. The third-order valence-electron chi connectivity index (χ3n) is 9.83. The molecule has 0 aromatic heterocycles. The molecule has 3 heterocycles. The van der Waals surface area contributed by atoms with Gasteiger partial charge in [-0.25, -0.2) is 0 Å². The van der Waals surface area contributed by atoms with E-state index >= 15 is 0 Å². The van der Waals surface area contributed by atoms with Crippen molar-refractivity contribution in [1.82, 2.24) is 0 Å². The molecule has 2 aromatic carbocycles. The number of carbonyl (C=O) groups excluding carboxylic acids is 1. The molecule has 3 fully saturated rings. The van der Waals surface area contributed by atoms with Crippen molar-refractivity contribution in [3.8, 4) is 23.0 Å². The van der Waals surface area contributed by atoms with Crippen LogP contribution in [-0.2, 0) is 23.7 Å². The van der Waals surface area contributed by atoms with Crippen molar-refractivity contribution in [3.63, 3.8) is 0 Å². The third kappa shape index (κ3) is 11.0. The Kier molecular flexibility index (Phi) is 16.4. The molecule has 21 heteroatoms. The van der Waals surface area contributed by atoms with Gasteiger partial charge in [0.25, 0.3) is 0 Å². The van der Waals surface area contributed by atoms with Crippen LogP contribution in [0.15, 0.2) is 60.4 Å². The van der Waals surface area contributed by atoms with Crippen LogP contribution in [0.25, 0.3) is 12.2 Å². The monoisotopic (exact) mass is 854 g/mol. The number of ketones is 1. The average Bonchev–Trinajstić information content (AvgIpc) is 3.25. The summed E-state index contributed by atoms with van der Waals surface area (Å²) in [5.41, 5.74) is 0.944. The quantitative estimate of drug-likeness (QED) is 0.0445. The van der Waals surface area contributed by atoms with Gasteiger partial charge in [-0.05, 0) is 47.5 Å². The van der Waals surface area contributed by atoms with Gasteiger partial charge in [-0.2, -0.15) is 0 Å². The van der Waals surface area contributed by atoms with Crippen molar-refractivity contribution in [2.45, 2.75) is 92.1 Å². The predicted molar refractivity (Wildman–Crippen MR) is 201 cm³/mol. The summed E-state index contributed by atoms with van der Waals surface area (Å²) in [5, 5.41) is 122. The number of hydrogen-bond donors (Lipinski definition) is 12. The maximum Gasteiger partial charge on any atom is 0.229 e. The number of rotatable bonds is 16. The second kappa shape index (κ2) is 21.0. The van der Waals surface area contributed by atoms with Crippen molar-refractivity contribution in [1.29, 1.82) is 0 Å². The molecule has 15 atom stereocenters. The van der Waals surface area contributed by atoms with Crippen molar-refractivity contribution in [2.24, 2.45) is 0 Å². The van der Waals surface area contributed by atoms with E-state index in [0.717, 1.165) is 6.08 Å². The van der Waals surface area contributed by atoms with E-state index in [4.69, 9.17) is 37.9 Å². The SMILES string of the molecule is COc1cc(/C=C/C(O)=C/C(=O)/C=C/c2ccc(O[C@@H]3O[C@H](CO[C@@H]4O[C@H](CO)[C@@H](O)[C@H](O)[C@H]4O)[C@@H](O)[C@H](O)[C@H]3O)c(OC)c2)ccc1O[C@@H]1O[C@H](CO)[C@@H](O)[C@H](O)[C@H]1O. The largest absolute Gasteiger partial charge is 0.508 e. The zero-order chi connectivity index (χ0) is 43.8. The summed E-state index contributed by atoms with van der Waals surface area (Å²) < 4.78 is 43.9. The number of benzene rings is 2. The number of hydrogen-bond acceptors (Lipinski definition) is 21. The summed E-state index contributed by atoms with van der Waals surface area (Å²) in [6.07, 6.45) is -17.3. The number of allylic oxidation sites excluding steroid dienone is 3. The Morgan fingerprint density at radius 3 is 1.45 bits per heavy atom. The predicted octanol–water partition coefficient (Wildman–Crippen LogP) is -3.38. The van der Waals surface area contributed by atoms with E-state index in [2.05, 4.69) is 0 Å². The lowest BCUT2D eigenvalue weighted by Crippen LogP contribution is -2.62. The molecule has 3 aliphatic heterocycles. The van der Waals surface area contributed by atoms with Gasteiger partial charge in [0.05, 0.1) is 34.0 Å². The Balaban J connectivity index is 1.18. The van der Waals surface area contributed by atoms with Crippen molar-refractivity contribution < 1.29 is 104 Å². The first-order valence-corrected chi connectivity index (χ1v) is 18.5. The van der Waals surface area contributed by atoms with Crippen molar-refractivity contribution in [3.05, 3.63) is 71.5 Å². The Morgan fingerprint density at radius 2 is 0.983 bits per heavy atom. The molecule has 0 spiro atoms. The molecule has 0 aliphatic carbocycles. The van der Waals surface area contributed by atoms with Gasteiger partial charge in [0, 0.05) is 6.08 Å². The minimum atomic E-state index is -1.79. The fraction of sp³-hybridized carbons (Fsp3) is 0.513. The maximum atomic E-state index is 12.6. The Labute approximate surface area is 342 Å². The first kappa shape index (κ1) is 46.8. The summed E-state index contributed by atoms with van der Waals surface area (Å²) in [7, 11) is 2.67. The number of methoxy groups -OCH3 is 2. The lowest BCUT2D eigenvalue weighted by atomic mass is 9.98. The molecule has 3 aliphatic rings. The fourth-order valence-corrected chi connectivity index (χ4v) is 6.33. The summed E-state index contributed by atoms with van der Waals surface area (Å²) in [6.45, 7) is -1.89. The van der Waals surface area contributed by atoms with Crippen molar-refractivity contribution in [2.75, 3.05) is 34.0 Å². The Morgan fingerprint density at radius 1 is 0.567 bits per heavy atom. The van der Waals surface area contributed by atoms with Gasteiger partial charge >= 0.3 is 0 Å². The van der Waals surface area contributed by atoms with Crippen LogP contribution in [0.4, 0.5) is 0 Å². The molecule has 0 saturated carbocycles. The minimum absolute atomic E-state index is 0.0232. The minimum Gasteiger partial charge on any atom is -0.508 e. The van der Waals surface area contributed by atoms with Crippen LogP contribution in [0.5, 0.6) is 23.0 Å². The molecular weight excluding hydrogens is 804 g/mol. The first-order chi connectivity index (χ1) is 28.6. The van der Waals surface area contributed by atoms with Crippen LogP contribution in [-0.4, -0.2) is 193 Å². The van der Waals surface area contributed by atoms with Crippen LogP contribution in [0.2, 0.25) is 0 Å². The summed E-state index contributed by atoms with van der Waals surface area (Å²) in [6, 6.07) is 8.94. The van der Waals surface area contributed by atoms with Gasteiger partial charge in [-0.1, -0.05) is 24.3 Å². The molecular formula is C39H50O21. The van der Waals surface area contributed by atoms with Crippen molar-refractivity contribution >= 4 is 17.9 Å². The molecule has 0 bridgehead atoms. The van der Waals surface area contributed by atoms with Crippen LogP contribution in [0.1, 0.15) is 11.1 Å². The number of ether oxygens (including phenoxy) is 8. The molecule has 0 amide bonds. The van der Waals surface area contributed by atoms with Gasteiger partial charge in [0.2, 0.25) is 12.6 Å². The van der Waals surface area contributed by atoms with E-state index in [1.165, 1.54) is 68.9 Å². The van der Waals surface area contributed by atoms with Gasteiger partial charge in [-0.15, -0.1) is 0 Å². The molecule has 332 valence electrons. The third-order valence-corrected chi connectivity index (χ3v) is 9.83. The topological polar surface area (TPSA) is 334 Å². The van der Waals surface area contributed by atoms with E-state index < -0.39 is 123 Å². The molecule has 2 aromatic rings. The summed E-state index contributed by atoms with van der Waals surface area (Å²) >= 11 is 0. The smallest absolute Gasteiger partial charge is 0.229 e. The normalized spacial score (nSPS) is 35.1. The van der Waals surface area contributed by atoms with Crippen LogP contribution < -0.4 is 18.9 Å². The average molecular weight is 855 g/mol. The van der Waals surface area contributed by atoms with Crippen LogP contribution in [0.3, 0.4) is 0 Å². The number of aliphatic hydroxyl groups excluding tert-OH is 12. The molecule has 12 N–H and O–H groups in total. The lowest BCUT2D eigenvalue weighted by Gasteiger charge is -2.42. The maximum absolute atomic E-state index is 12.6. The molecule has 60 heavy (non-hydrogen) atoms. The molecule has 0 radical (unpaired) electrons. The van der Waals surface area contributed by atoms with E-state index in [1.807, 2.05) is 0 Å². The highest BCUT2D eigenvalue weighted by molar-refractivity contribution is 6.02. The summed E-state index contributed by atoms with van der Waals surface area (Å²) in [5.74, 6) is -0.597. The Bertz CT molecular complexity index is 1820. The van der Waals surface area contributed by atoms with E-state index in [0.29, 0.717) is 11.1 Å². The van der Waals surface area contributed by atoms with Crippen LogP contribution >= 0.6 is 0 Å². The van der Waals surface area contributed by atoms with Gasteiger partial charge < -0.3 is 99.2 Å². The second-order valence-corrected chi connectivity index (χ2v) is 13.9.